The van der Waals surface area contributed by atoms with Crippen molar-refractivity contribution < 1.29 is 0 Å². The second-order valence-corrected chi connectivity index (χ2v) is 5.44. The fourth-order valence-corrected chi connectivity index (χ4v) is 2.83. The molecule has 0 saturated heterocycles. The first kappa shape index (κ1) is 15.0. The Balaban J connectivity index is 2.33. The number of hydrogen-bond donors (Lipinski definition) is 1. The maximum Gasteiger partial charge on any atom is 0.0706 e. The summed E-state index contributed by atoms with van der Waals surface area (Å²) in [6, 6.07) is 13.1. The first-order valence-corrected chi connectivity index (χ1v) is 7.89. The van der Waals surface area contributed by atoms with Gasteiger partial charge in [-0.05, 0) is 31.0 Å². The first-order chi connectivity index (χ1) is 9.80. The van der Waals surface area contributed by atoms with Gasteiger partial charge in [-0.1, -0.05) is 57.9 Å². The molecule has 2 rings (SSSR count). The molecule has 0 saturated carbocycles. The maximum absolute atomic E-state index is 4.88. The minimum absolute atomic E-state index is 0.370. The number of nitrogens with zero attached hydrogens (tertiary/aromatic N) is 1. The van der Waals surface area contributed by atoms with Gasteiger partial charge in [0.15, 0.2) is 0 Å². The van der Waals surface area contributed by atoms with Crippen LogP contribution in [0.4, 0.5) is 0 Å². The molecule has 0 aliphatic heterocycles. The second-order valence-electron chi connectivity index (χ2n) is 5.44. The van der Waals surface area contributed by atoms with Gasteiger partial charge in [0.1, 0.15) is 0 Å². The summed E-state index contributed by atoms with van der Waals surface area (Å²) in [5.74, 6) is 0.648. The molecule has 20 heavy (non-hydrogen) atoms. The van der Waals surface area contributed by atoms with E-state index in [1.165, 1.54) is 23.9 Å². The highest BCUT2D eigenvalue weighted by atomic mass is 14.9. The molecule has 1 atom stereocenters. The molecule has 2 heteroatoms. The predicted molar refractivity (Wildman–Crippen MR) is 86.8 cm³/mol. The molecule has 1 aromatic carbocycles. The minimum atomic E-state index is 0.370. The van der Waals surface area contributed by atoms with Crippen molar-refractivity contribution in [2.24, 2.45) is 5.92 Å². The highest BCUT2D eigenvalue weighted by molar-refractivity contribution is 5.78. The van der Waals surface area contributed by atoms with Crippen molar-refractivity contribution in [3.63, 3.8) is 0 Å². The van der Waals surface area contributed by atoms with Gasteiger partial charge in [0.2, 0.25) is 0 Å². The van der Waals surface area contributed by atoms with Gasteiger partial charge in [-0.25, -0.2) is 0 Å². The van der Waals surface area contributed by atoms with E-state index in [0.717, 1.165) is 18.5 Å². The first-order valence-electron chi connectivity index (χ1n) is 7.89. The van der Waals surface area contributed by atoms with Crippen LogP contribution in [-0.2, 0) is 0 Å². The molecule has 1 N–H and O–H groups in total. The molecule has 1 unspecified atom stereocenters. The van der Waals surface area contributed by atoms with Gasteiger partial charge in [-0.2, -0.15) is 0 Å². The Hall–Kier alpha value is -1.41. The summed E-state index contributed by atoms with van der Waals surface area (Å²) in [6.07, 6.45) is 3.53. The summed E-state index contributed by atoms with van der Waals surface area (Å²) in [5, 5.41) is 4.91. The van der Waals surface area contributed by atoms with Crippen LogP contribution in [0.5, 0.6) is 0 Å². The van der Waals surface area contributed by atoms with E-state index in [-0.39, 0.29) is 0 Å². The highest BCUT2D eigenvalue weighted by Gasteiger charge is 2.21. The normalized spacial score (nSPS) is 13.0. The average Bonchev–Trinajstić information content (AvgIpc) is 2.51. The van der Waals surface area contributed by atoms with Crippen molar-refractivity contribution in [3.8, 4) is 0 Å². The van der Waals surface area contributed by atoms with Crippen LogP contribution in [0.15, 0.2) is 36.4 Å². The Morgan fingerprint density at radius 1 is 1.00 bits per heavy atom. The number of hydrogen-bond acceptors (Lipinski definition) is 2. The van der Waals surface area contributed by atoms with Gasteiger partial charge >= 0.3 is 0 Å². The summed E-state index contributed by atoms with van der Waals surface area (Å²) < 4.78 is 0. The lowest BCUT2D eigenvalue weighted by Crippen LogP contribution is -2.29. The highest BCUT2D eigenvalue weighted by Crippen LogP contribution is 2.27. The predicted octanol–water partition coefficient (Wildman–Crippen LogP) is 4.71. The summed E-state index contributed by atoms with van der Waals surface area (Å²) in [4.78, 5) is 4.88. The van der Waals surface area contributed by atoms with Crippen LogP contribution in [0.2, 0.25) is 0 Å². The molecular weight excluding hydrogens is 244 g/mol. The van der Waals surface area contributed by atoms with Crippen LogP contribution in [-0.4, -0.2) is 11.5 Å². The van der Waals surface area contributed by atoms with Crippen LogP contribution < -0.4 is 5.32 Å². The van der Waals surface area contributed by atoms with Crippen molar-refractivity contribution in [3.05, 3.63) is 42.1 Å². The Morgan fingerprint density at radius 3 is 2.45 bits per heavy atom. The Kier molecular flexibility index (Phi) is 5.54. The van der Waals surface area contributed by atoms with Crippen molar-refractivity contribution in [1.29, 1.82) is 0 Å². The molecule has 0 aliphatic rings. The van der Waals surface area contributed by atoms with Crippen LogP contribution >= 0.6 is 0 Å². The Bertz CT molecular complexity index is 532. The average molecular weight is 270 g/mol. The molecular formula is C18H26N2. The van der Waals surface area contributed by atoms with Crippen LogP contribution in [0.25, 0.3) is 10.9 Å². The molecule has 0 bridgehead atoms. The molecule has 1 heterocycles. The van der Waals surface area contributed by atoms with Crippen molar-refractivity contribution in [1.82, 2.24) is 10.3 Å². The SMILES string of the molecule is CCCNC(c1ccc2ccccc2n1)C(CC)CC. The number of fused-ring (bicyclic) bond motifs is 1. The summed E-state index contributed by atoms with van der Waals surface area (Å²) in [7, 11) is 0. The number of rotatable bonds is 7. The summed E-state index contributed by atoms with van der Waals surface area (Å²) in [5.41, 5.74) is 2.28. The maximum atomic E-state index is 4.88. The van der Waals surface area contributed by atoms with E-state index in [2.05, 4.69) is 62.5 Å². The third kappa shape index (κ3) is 3.37. The van der Waals surface area contributed by atoms with E-state index >= 15 is 0 Å². The minimum Gasteiger partial charge on any atom is -0.308 e. The molecule has 0 radical (unpaired) electrons. The van der Waals surface area contributed by atoms with E-state index in [1.807, 2.05) is 0 Å². The smallest absolute Gasteiger partial charge is 0.0706 e. The van der Waals surface area contributed by atoms with Gasteiger partial charge < -0.3 is 5.32 Å². The van der Waals surface area contributed by atoms with Crippen LogP contribution in [0.1, 0.15) is 51.8 Å². The van der Waals surface area contributed by atoms with E-state index in [1.54, 1.807) is 0 Å². The fraction of sp³-hybridized carbons (Fsp3) is 0.500. The van der Waals surface area contributed by atoms with Gasteiger partial charge in [0.25, 0.3) is 0 Å². The van der Waals surface area contributed by atoms with E-state index in [9.17, 15) is 0 Å². The Labute approximate surface area is 122 Å². The van der Waals surface area contributed by atoms with Gasteiger partial charge in [-0.3, -0.25) is 4.98 Å². The number of nitrogens with one attached hydrogen (secondary N) is 1. The lowest BCUT2D eigenvalue weighted by Gasteiger charge is -2.26. The standard InChI is InChI=1S/C18H26N2/c1-4-13-19-18(14(5-2)6-3)17-12-11-15-9-7-8-10-16(15)20-17/h7-12,14,18-19H,4-6,13H2,1-3H3. The zero-order chi connectivity index (χ0) is 14.4. The Morgan fingerprint density at radius 2 is 1.75 bits per heavy atom. The quantitative estimate of drug-likeness (QED) is 0.788. The lowest BCUT2D eigenvalue weighted by molar-refractivity contribution is 0.336. The van der Waals surface area contributed by atoms with Gasteiger partial charge in [0.05, 0.1) is 17.3 Å². The number of benzene rings is 1. The molecule has 0 fully saturated rings. The summed E-state index contributed by atoms with van der Waals surface area (Å²) >= 11 is 0. The van der Waals surface area contributed by atoms with Crippen molar-refractivity contribution >= 4 is 10.9 Å². The lowest BCUT2D eigenvalue weighted by atomic mass is 9.91. The number of pyridine rings is 1. The van der Waals surface area contributed by atoms with Crippen LogP contribution in [0, 0.1) is 5.92 Å². The molecule has 2 nitrogen and oxygen atoms in total. The van der Waals surface area contributed by atoms with E-state index < -0.39 is 0 Å². The third-order valence-electron chi connectivity index (χ3n) is 4.07. The van der Waals surface area contributed by atoms with Crippen molar-refractivity contribution in [2.75, 3.05) is 6.54 Å². The third-order valence-corrected chi connectivity index (χ3v) is 4.07. The largest absolute Gasteiger partial charge is 0.308 e. The van der Waals surface area contributed by atoms with Gasteiger partial charge in [-0.15, -0.1) is 0 Å². The summed E-state index contributed by atoms with van der Waals surface area (Å²) in [6.45, 7) is 7.81. The zero-order valence-corrected chi connectivity index (χ0v) is 12.9. The number of aromatic nitrogens is 1. The second kappa shape index (κ2) is 7.39. The molecule has 2 aromatic rings. The molecule has 1 aromatic heterocycles. The fourth-order valence-electron chi connectivity index (χ4n) is 2.83. The zero-order valence-electron chi connectivity index (χ0n) is 12.9. The monoisotopic (exact) mass is 270 g/mol. The number of para-hydroxylation sites is 1. The topological polar surface area (TPSA) is 24.9 Å². The molecule has 0 spiro atoms. The molecule has 0 aliphatic carbocycles. The molecule has 0 amide bonds. The van der Waals surface area contributed by atoms with Gasteiger partial charge in [0, 0.05) is 5.39 Å². The van der Waals surface area contributed by atoms with E-state index in [0.29, 0.717) is 12.0 Å². The van der Waals surface area contributed by atoms with Crippen LogP contribution in [0.3, 0.4) is 0 Å². The van der Waals surface area contributed by atoms with E-state index in [4.69, 9.17) is 4.98 Å². The van der Waals surface area contributed by atoms with Crippen molar-refractivity contribution in [2.45, 2.75) is 46.1 Å². The molecule has 108 valence electrons.